The second-order valence-electron chi connectivity index (χ2n) is 5.13. The summed E-state index contributed by atoms with van der Waals surface area (Å²) in [4.78, 5) is 16.0. The molecular formula is C18H22N2O2. The predicted molar refractivity (Wildman–Crippen MR) is 88.3 cm³/mol. The van der Waals surface area contributed by atoms with Gasteiger partial charge in [0.2, 0.25) is 0 Å². The number of carbonyl (C=O) groups is 1. The molecule has 0 unspecified atom stereocenters. The van der Waals surface area contributed by atoms with Gasteiger partial charge in [-0.05, 0) is 42.8 Å². The van der Waals surface area contributed by atoms with E-state index >= 15 is 0 Å². The van der Waals surface area contributed by atoms with Gasteiger partial charge in [0.1, 0.15) is 5.75 Å². The Balaban J connectivity index is 1.82. The SMILES string of the molecule is CCCCCCOc1ccc(C(=O)Nc2cccnc2)cc1. The Bertz CT molecular complexity index is 567. The van der Waals surface area contributed by atoms with Crippen molar-refractivity contribution in [2.45, 2.75) is 32.6 Å². The Kier molecular flexibility index (Phi) is 6.42. The van der Waals surface area contributed by atoms with Gasteiger partial charge in [0, 0.05) is 11.8 Å². The number of ether oxygens (including phenoxy) is 1. The second-order valence-corrected chi connectivity index (χ2v) is 5.13. The molecule has 4 nitrogen and oxygen atoms in total. The average molecular weight is 298 g/mol. The molecule has 0 saturated carbocycles. The first kappa shape index (κ1) is 16.0. The molecule has 22 heavy (non-hydrogen) atoms. The highest BCUT2D eigenvalue weighted by Crippen LogP contribution is 2.14. The lowest BCUT2D eigenvalue weighted by molar-refractivity contribution is 0.102. The van der Waals surface area contributed by atoms with Crippen LogP contribution in [0.1, 0.15) is 43.0 Å². The molecule has 0 aliphatic carbocycles. The number of carbonyl (C=O) groups excluding carboxylic acids is 1. The summed E-state index contributed by atoms with van der Waals surface area (Å²) in [6, 6.07) is 10.8. The molecule has 1 amide bonds. The van der Waals surface area contributed by atoms with Crippen molar-refractivity contribution in [3.05, 3.63) is 54.4 Å². The molecule has 0 atom stereocenters. The second kappa shape index (κ2) is 8.82. The third-order valence-electron chi connectivity index (χ3n) is 3.30. The van der Waals surface area contributed by atoms with Crippen molar-refractivity contribution in [1.82, 2.24) is 4.98 Å². The highest BCUT2D eigenvalue weighted by Gasteiger charge is 2.06. The maximum absolute atomic E-state index is 12.1. The summed E-state index contributed by atoms with van der Waals surface area (Å²) in [7, 11) is 0. The van der Waals surface area contributed by atoms with Crippen molar-refractivity contribution >= 4 is 11.6 Å². The summed E-state index contributed by atoms with van der Waals surface area (Å²) < 4.78 is 5.66. The van der Waals surface area contributed by atoms with E-state index in [4.69, 9.17) is 4.74 Å². The number of anilines is 1. The lowest BCUT2D eigenvalue weighted by Crippen LogP contribution is -2.11. The minimum Gasteiger partial charge on any atom is -0.494 e. The summed E-state index contributed by atoms with van der Waals surface area (Å²) in [5, 5.41) is 2.80. The van der Waals surface area contributed by atoms with Gasteiger partial charge in [-0.3, -0.25) is 9.78 Å². The quantitative estimate of drug-likeness (QED) is 0.739. The lowest BCUT2D eigenvalue weighted by atomic mass is 10.2. The number of rotatable bonds is 8. The standard InChI is InChI=1S/C18H22N2O2/c1-2-3-4-5-13-22-17-10-8-15(9-11-17)18(21)20-16-7-6-12-19-14-16/h6-12,14H,2-5,13H2,1H3,(H,20,21). The molecule has 1 N–H and O–H groups in total. The fourth-order valence-corrected chi connectivity index (χ4v) is 2.06. The van der Waals surface area contributed by atoms with Crippen molar-refractivity contribution in [3.63, 3.8) is 0 Å². The molecule has 0 fully saturated rings. The third kappa shape index (κ3) is 5.20. The minimum atomic E-state index is -0.150. The fraction of sp³-hybridized carbons (Fsp3) is 0.333. The van der Waals surface area contributed by atoms with Crippen LogP contribution in [0.5, 0.6) is 5.75 Å². The maximum Gasteiger partial charge on any atom is 0.255 e. The van der Waals surface area contributed by atoms with Crippen LogP contribution in [0.4, 0.5) is 5.69 Å². The van der Waals surface area contributed by atoms with E-state index in [1.807, 2.05) is 12.1 Å². The van der Waals surface area contributed by atoms with Crippen LogP contribution in [-0.4, -0.2) is 17.5 Å². The molecule has 0 spiro atoms. The van der Waals surface area contributed by atoms with E-state index in [9.17, 15) is 4.79 Å². The molecule has 4 heteroatoms. The number of hydrogen-bond acceptors (Lipinski definition) is 3. The molecule has 0 aliphatic rings. The molecular weight excluding hydrogens is 276 g/mol. The third-order valence-corrected chi connectivity index (χ3v) is 3.30. The first-order chi connectivity index (χ1) is 10.8. The largest absolute Gasteiger partial charge is 0.494 e. The van der Waals surface area contributed by atoms with Crippen molar-refractivity contribution in [2.75, 3.05) is 11.9 Å². The van der Waals surface area contributed by atoms with Crippen molar-refractivity contribution in [2.24, 2.45) is 0 Å². The van der Waals surface area contributed by atoms with Gasteiger partial charge in [-0.2, -0.15) is 0 Å². The molecule has 1 heterocycles. The average Bonchev–Trinajstić information content (AvgIpc) is 2.56. The molecule has 0 saturated heterocycles. The number of unbranched alkanes of at least 4 members (excludes halogenated alkanes) is 3. The number of amides is 1. The molecule has 0 bridgehead atoms. The monoisotopic (exact) mass is 298 g/mol. The van der Waals surface area contributed by atoms with Crippen LogP contribution in [0.2, 0.25) is 0 Å². The van der Waals surface area contributed by atoms with E-state index in [1.165, 1.54) is 19.3 Å². The number of pyridine rings is 1. The van der Waals surface area contributed by atoms with Gasteiger partial charge >= 0.3 is 0 Å². The number of aromatic nitrogens is 1. The van der Waals surface area contributed by atoms with Crippen LogP contribution >= 0.6 is 0 Å². The van der Waals surface area contributed by atoms with Gasteiger partial charge in [-0.1, -0.05) is 26.2 Å². The van der Waals surface area contributed by atoms with Gasteiger partial charge in [-0.15, -0.1) is 0 Å². The van der Waals surface area contributed by atoms with Gasteiger partial charge in [0.05, 0.1) is 18.5 Å². The van der Waals surface area contributed by atoms with E-state index < -0.39 is 0 Å². The molecule has 116 valence electrons. The normalized spacial score (nSPS) is 10.2. The van der Waals surface area contributed by atoms with E-state index in [2.05, 4.69) is 17.2 Å². The van der Waals surface area contributed by atoms with Crippen LogP contribution in [0.25, 0.3) is 0 Å². The van der Waals surface area contributed by atoms with Crippen LogP contribution < -0.4 is 10.1 Å². The highest BCUT2D eigenvalue weighted by atomic mass is 16.5. The summed E-state index contributed by atoms with van der Waals surface area (Å²) in [5.74, 6) is 0.650. The number of benzene rings is 1. The Morgan fingerprint density at radius 1 is 1.14 bits per heavy atom. The Hall–Kier alpha value is -2.36. The van der Waals surface area contributed by atoms with Crippen LogP contribution in [0.3, 0.4) is 0 Å². The highest BCUT2D eigenvalue weighted by molar-refractivity contribution is 6.04. The van der Waals surface area contributed by atoms with Crippen molar-refractivity contribution in [1.29, 1.82) is 0 Å². The smallest absolute Gasteiger partial charge is 0.255 e. The zero-order valence-corrected chi connectivity index (χ0v) is 12.9. The van der Waals surface area contributed by atoms with E-state index in [1.54, 1.807) is 36.7 Å². The topological polar surface area (TPSA) is 51.2 Å². The van der Waals surface area contributed by atoms with Gasteiger partial charge < -0.3 is 10.1 Å². The maximum atomic E-state index is 12.1. The van der Waals surface area contributed by atoms with Crippen LogP contribution in [-0.2, 0) is 0 Å². The first-order valence-corrected chi connectivity index (χ1v) is 7.74. The Morgan fingerprint density at radius 3 is 2.64 bits per heavy atom. The fourth-order valence-electron chi connectivity index (χ4n) is 2.06. The molecule has 0 radical (unpaired) electrons. The van der Waals surface area contributed by atoms with Gasteiger partial charge in [0.25, 0.3) is 5.91 Å². The zero-order valence-electron chi connectivity index (χ0n) is 12.9. The summed E-state index contributed by atoms with van der Waals surface area (Å²) in [6.07, 6.45) is 8.02. The predicted octanol–water partition coefficient (Wildman–Crippen LogP) is 4.29. The van der Waals surface area contributed by atoms with E-state index in [0.717, 1.165) is 18.8 Å². The number of nitrogens with one attached hydrogen (secondary N) is 1. The summed E-state index contributed by atoms with van der Waals surface area (Å²) in [6.45, 7) is 2.91. The zero-order chi connectivity index (χ0) is 15.6. The molecule has 0 aliphatic heterocycles. The first-order valence-electron chi connectivity index (χ1n) is 7.74. The minimum absolute atomic E-state index is 0.150. The van der Waals surface area contributed by atoms with Gasteiger partial charge in [-0.25, -0.2) is 0 Å². The van der Waals surface area contributed by atoms with Crippen molar-refractivity contribution < 1.29 is 9.53 Å². The van der Waals surface area contributed by atoms with Gasteiger partial charge in [0.15, 0.2) is 0 Å². The molecule has 2 aromatic rings. The number of nitrogens with zero attached hydrogens (tertiary/aromatic N) is 1. The van der Waals surface area contributed by atoms with E-state index in [0.29, 0.717) is 11.3 Å². The van der Waals surface area contributed by atoms with Crippen LogP contribution in [0, 0.1) is 0 Å². The molecule has 1 aromatic heterocycles. The Labute approximate surface area is 131 Å². The number of hydrogen-bond donors (Lipinski definition) is 1. The summed E-state index contributed by atoms with van der Waals surface area (Å²) in [5.41, 5.74) is 1.28. The molecule has 2 rings (SSSR count). The van der Waals surface area contributed by atoms with E-state index in [-0.39, 0.29) is 5.91 Å². The van der Waals surface area contributed by atoms with Crippen LogP contribution in [0.15, 0.2) is 48.8 Å². The van der Waals surface area contributed by atoms with Crippen molar-refractivity contribution in [3.8, 4) is 5.75 Å². The Morgan fingerprint density at radius 2 is 1.95 bits per heavy atom. The molecule has 1 aromatic carbocycles. The lowest BCUT2D eigenvalue weighted by Gasteiger charge is -2.08. The summed E-state index contributed by atoms with van der Waals surface area (Å²) >= 11 is 0.